The molecule has 8 nitrogen and oxygen atoms in total. The smallest absolute Gasteiger partial charge is 0.262 e. The van der Waals surface area contributed by atoms with E-state index in [2.05, 4.69) is 10.6 Å². The van der Waals surface area contributed by atoms with E-state index < -0.39 is 15.9 Å². The van der Waals surface area contributed by atoms with Gasteiger partial charge in [0.25, 0.3) is 5.91 Å². The van der Waals surface area contributed by atoms with E-state index in [9.17, 15) is 18.0 Å². The lowest BCUT2D eigenvalue weighted by molar-refractivity contribution is -0.118. The molecular formula is C23H27N3O5S. The Morgan fingerprint density at radius 1 is 0.969 bits per heavy atom. The molecule has 2 fully saturated rings. The Morgan fingerprint density at radius 2 is 1.72 bits per heavy atom. The van der Waals surface area contributed by atoms with Crippen molar-refractivity contribution in [3.8, 4) is 5.75 Å². The van der Waals surface area contributed by atoms with E-state index in [0.717, 1.165) is 32.1 Å². The fourth-order valence-electron chi connectivity index (χ4n) is 3.63. The second kappa shape index (κ2) is 9.70. The lowest BCUT2D eigenvalue weighted by Crippen LogP contribution is -2.36. The third kappa shape index (κ3) is 5.46. The Labute approximate surface area is 188 Å². The molecule has 9 heteroatoms. The third-order valence-corrected chi connectivity index (χ3v) is 7.47. The summed E-state index contributed by atoms with van der Waals surface area (Å²) in [5.74, 6) is 0.0414. The molecule has 1 saturated heterocycles. The molecule has 0 radical (unpaired) electrons. The monoisotopic (exact) mass is 457 g/mol. The summed E-state index contributed by atoms with van der Waals surface area (Å²) in [4.78, 5) is 24.5. The standard InChI is InChI=1S/C23H27N3O5S/c27-22(16-31-19-8-6-7-18(15-19)24-23(28)17-11-12-17)25-20-9-2-3-10-21(20)32(29,30)26-13-4-1-5-14-26/h2-3,6-10,15,17H,1,4-5,11-14,16H2,(H,24,28)(H,25,27). The van der Waals surface area contributed by atoms with Crippen LogP contribution in [0.2, 0.25) is 0 Å². The van der Waals surface area contributed by atoms with E-state index >= 15 is 0 Å². The third-order valence-electron chi connectivity index (χ3n) is 5.51. The van der Waals surface area contributed by atoms with Gasteiger partial charge in [-0.15, -0.1) is 0 Å². The molecule has 2 aromatic carbocycles. The van der Waals surface area contributed by atoms with Crippen LogP contribution in [0.5, 0.6) is 5.75 Å². The zero-order valence-corrected chi connectivity index (χ0v) is 18.6. The predicted octanol–water partition coefficient (Wildman–Crippen LogP) is 3.23. The Hall–Kier alpha value is -2.91. The maximum Gasteiger partial charge on any atom is 0.262 e. The van der Waals surface area contributed by atoms with Crippen LogP contribution in [-0.2, 0) is 19.6 Å². The highest BCUT2D eigenvalue weighted by Gasteiger charge is 2.30. The predicted molar refractivity (Wildman–Crippen MR) is 121 cm³/mol. The van der Waals surface area contributed by atoms with Crippen LogP contribution in [0.25, 0.3) is 0 Å². The lowest BCUT2D eigenvalue weighted by atomic mass is 10.2. The molecular weight excluding hydrogens is 430 g/mol. The molecule has 0 bridgehead atoms. The minimum atomic E-state index is -3.69. The van der Waals surface area contributed by atoms with Gasteiger partial charge in [-0.25, -0.2) is 8.42 Å². The van der Waals surface area contributed by atoms with Crippen LogP contribution in [0.3, 0.4) is 0 Å². The summed E-state index contributed by atoms with van der Waals surface area (Å²) in [6.07, 6.45) is 4.52. The van der Waals surface area contributed by atoms with Gasteiger partial charge in [0.2, 0.25) is 15.9 Å². The number of carbonyl (C=O) groups is 2. The van der Waals surface area contributed by atoms with Gasteiger partial charge >= 0.3 is 0 Å². The van der Waals surface area contributed by atoms with Gasteiger partial charge in [0.1, 0.15) is 10.6 Å². The van der Waals surface area contributed by atoms with Gasteiger partial charge < -0.3 is 15.4 Å². The Balaban J connectivity index is 1.38. The van der Waals surface area contributed by atoms with E-state index in [0.29, 0.717) is 24.5 Å². The lowest BCUT2D eigenvalue weighted by Gasteiger charge is -2.26. The van der Waals surface area contributed by atoms with E-state index in [1.807, 2.05) is 0 Å². The van der Waals surface area contributed by atoms with Crippen molar-refractivity contribution in [3.05, 3.63) is 48.5 Å². The topological polar surface area (TPSA) is 105 Å². The number of para-hydroxylation sites is 1. The first-order chi connectivity index (χ1) is 15.4. The fourth-order valence-corrected chi connectivity index (χ4v) is 5.29. The number of anilines is 2. The van der Waals surface area contributed by atoms with E-state index in [1.54, 1.807) is 42.5 Å². The summed E-state index contributed by atoms with van der Waals surface area (Å²) in [6, 6.07) is 13.2. The normalized spacial score (nSPS) is 16.9. The number of piperidine rings is 1. The molecule has 2 aromatic rings. The number of amides is 2. The molecule has 1 saturated carbocycles. The number of ether oxygens (including phenoxy) is 1. The zero-order valence-electron chi connectivity index (χ0n) is 17.7. The van der Waals surface area contributed by atoms with Crippen LogP contribution in [0.15, 0.2) is 53.4 Å². The van der Waals surface area contributed by atoms with Crippen LogP contribution in [-0.4, -0.2) is 44.2 Å². The second-order valence-corrected chi connectivity index (χ2v) is 10.00. The molecule has 0 aromatic heterocycles. The zero-order chi connectivity index (χ0) is 22.6. The van der Waals surface area contributed by atoms with Crippen LogP contribution in [0, 0.1) is 5.92 Å². The Bertz CT molecular complexity index is 1090. The van der Waals surface area contributed by atoms with Gasteiger partial charge in [-0.3, -0.25) is 9.59 Å². The molecule has 1 heterocycles. The van der Waals surface area contributed by atoms with Crippen LogP contribution < -0.4 is 15.4 Å². The number of hydrogen-bond acceptors (Lipinski definition) is 5. The van der Waals surface area contributed by atoms with Crippen LogP contribution in [0.4, 0.5) is 11.4 Å². The Morgan fingerprint density at radius 3 is 2.47 bits per heavy atom. The number of carbonyl (C=O) groups excluding carboxylic acids is 2. The summed E-state index contributed by atoms with van der Waals surface area (Å²) in [7, 11) is -3.69. The highest BCUT2D eigenvalue weighted by molar-refractivity contribution is 7.89. The first-order valence-electron chi connectivity index (χ1n) is 10.9. The van der Waals surface area contributed by atoms with Gasteiger partial charge in [-0.1, -0.05) is 24.6 Å². The van der Waals surface area contributed by atoms with Gasteiger partial charge in [0, 0.05) is 30.8 Å². The quantitative estimate of drug-likeness (QED) is 0.633. The SMILES string of the molecule is O=C(COc1cccc(NC(=O)C2CC2)c1)Nc1ccccc1S(=O)(=O)N1CCCCC1. The first kappa shape index (κ1) is 22.3. The summed E-state index contributed by atoms with van der Waals surface area (Å²) in [5.41, 5.74) is 0.842. The maximum absolute atomic E-state index is 13.1. The maximum atomic E-state index is 13.1. The van der Waals surface area contributed by atoms with E-state index in [1.165, 1.54) is 10.4 Å². The number of rotatable bonds is 8. The summed E-state index contributed by atoms with van der Waals surface area (Å²) < 4.78 is 33.1. The van der Waals surface area contributed by atoms with Gasteiger partial charge in [0.15, 0.2) is 6.61 Å². The largest absolute Gasteiger partial charge is 0.484 e. The molecule has 4 rings (SSSR count). The van der Waals surface area contributed by atoms with Gasteiger partial charge in [0.05, 0.1) is 5.69 Å². The molecule has 1 aliphatic heterocycles. The highest BCUT2D eigenvalue weighted by Crippen LogP contribution is 2.31. The fraction of sp³-hybridized carbons (Fsp3) is 0.391. The molecule has 0 spiro atoms. The molecule has 2 N–H and O–H groups in total. The van der Waals surface area contributed by atoms with Crippen molar-refractivity contribution in [3.63, 3.8) is 0 Å². The summed E-state index contributed by atoms with van der Waals surface area (Å²) in [5, 5.41) is 5.49. The number of hydrogen-bond donors (Lipinski definition) is 2. The number of sulfonamides is 1. The second-order valence-electron chi connectivity index (χ2n) is 8.09. The number of nitrogens with one attached hydrogen (secondary N) is 2. The Kier molecular flexibility index (Phi) is 6.76. The first-order valence-corrected chi connectivity index (χ1v) is 12.3. The molecule has 0 unspecified atom stereocenters. The molecule has 1 aliphatic carbocycles. The van der Waals surface area contributed by atoms with Crippen molar-refractivity contribution in [1.29, 1.82) is 0 Å². The molecule has 32 heavy (non-hydrogen) atoms. The summed E-state index contributed by atoms with van der Waals surface area (Å²) >= 11 is 0. The minimum absolute atomic E-state index is 0.00795. The van der Waals surface area contributed by atoms with Crippen molar-refractivity contribution in [1.82, 2.24) is 4.31 Å². The molecule has 0 atom stereocenters. The van der Waals surface area contributed by atoms with Crippen LogP contribution in [0.1, 0.15) is 32.1 Å². The summed E-state index contributed by atoms with van der Waals surface area (Å²) in [6.45, 7) is 0.681. The van der Waals surface area contributed by atoms with Crippen molar-refractivity contribution >= 4 is 33.2 Å². The van der Waals surface area contributed by atoms with E-state index in [-0.39, 0.29) is 29.0 Å². The minimum Gasteiger partial charge on any atom is -0.484 e. The average molecular weight is 458 g/mol. The van der Waals surface area contributed by atoms with Gasteiger partial charge in [-0.05, 0) is 49.9 Å². The van der Waals surface area contributed by atoms with Crippen molar-refractivity contribution in [2.45, 2.75) is 37.0 Å². The molecule has 2 aliphatic rings. The van der Waals surface area contributed by atoms with Crippen molar-refractivity contribution in [2.24, 2.45) is 5.92 Å². The average Bonchev–Trinajstić information content (AvgIpc) is 3.65. The number of nitrogens with zero attached hydrogens (tertiary/aromatic N) is 1. The van der Waals surface area contributed by atoms with Crippen molar-refractivity contribution < 1.29 is 22.7 Å². The number of benzene rings is 2. The van der Waals surface area contributed by atoms with Gasteiger partial charge in [-0.2, -0.15) is 4.31 Å². The molecule has 170 valence electrons. The van der Waals surface area contributed by atoms with Crippen LogP contribution >= 0.6 is 0 Å². The highest BCUT2D eigenvalue weighted by atomic mass is 32.2. The molecule has 2 amide bonds. The van der Waals surface area contributed by atoms with Crippen molar-refractivity contribution in [2.75, 3.05) is 30.3 Å². The van der Waals surface area contributed by atoms with E-state index in [4.69, 9.17) is 4.74 Å².